The Balaban J connectivity index is 1.92. The normalized spacial score (nSPS) is 10.3. The molecule has 0 aliphatic carbocycles. The van der Waals surface area contributed by atoms with Crippen molar-refractivity contribution in [2.45, 2.75) is 20.3 Å². The maximum absolute atomic E-state index is 13.2. The minimum Gasteiger partial charge on any atom is -0.493 e. The molecule has 0 unspecified atom stereocenters. The van der Waals surface area contributed by atoms with Crippen LogP contribution in [0.3, 0.4) is 0 Å². The zero-order valence-corrected chi connectivity index (χ0v) is 11.7. The molecule has 3 heteroatoms. The number of hydrogen-bond donors (Lipinski definition) is 0. The van der Waals surface area contributed by atoms with Crippen LogP contribution >= 0.6 is 0 Å². The van der Waals surface area contributed by atoms with Crippen LogP contribution in [-0.2, 0) is 0 Å². The van der Waals surface area contributed by atoms with Crippen molar-refractivity contribution >= 4 is 5.78 Å². The first-order valence-corrected chi connectivity index (χ1v) is 6.54. The smallest absolute Gasteiger partial charge is 0.166 e. The summed E-state index contributed by atoms with van der Waals surface area (Å²) in [7, 11) is 0. The molecule has 0 atom stereocenters. The third-order valence-electron chi connectivity index (χ3n) is 2.95. The molecule has 2 aromatic rings. The Hall–Kier alpha value is -2.16. The molecule has 0 aromatic heterocycles. The summed E-state index contributed by atoms with van der Waals surface area (Å²) in [5, 5.41) is 0. The van der Waals surface area contributed by atoms with Gasteiger partial charge in [-0.3, -0.25) is 4.79 Å². The van der Waals surface area contributed by atoms with E-state index in [1.54, 1.807) is 13.0 Å². The number of benzene rings is 2. The molecule has 0 spiro atoms. The van der Waals surface area contributed by atoms with Gasteiger partial charge in [0.05, 0.1) is 6.61 Å². The second kappa shape index (κ2) is 6.33. The molecular weight excluding hydrogens is 255 g/mol. The van der Waals surface area contributed by atoms with E-state index in [2.05, 4.69) is 0 Å². The molecule has 0 saturated heterocycles. The fourth-order valence-electron chi connectivity index (χ4n) is 2.01. The second-order valence-electron chi connectivity index (χ2n) is 4.86. The van der Waals surface area contributed by atoms with E-state index in [-0.39, 0.29) is 24.6 Å². The predicted molar refractivity (Wildman–Crippen MR) is 76.8 cm³/mol. The van der Waals surface area contributed by atoms with E-state index in [1.165, 1.54) is 12.1 Å². The van der Waals surface area contributed by atoms with Crippen LogP contribution in [0.1, 0.15) is 27.9 Å². The number of hydrogen-bond acceptors (Lipinski definition) is 2. The summed E-state index contributed by atoms with van der Waals surface area (Å²) >= 11 is 0. The van der Waals surface area contributed by atoms with Gasteiger partial charge in [-0.25, -0.2) is 4.39 Å². The maximum atomic E-state index is 13.2. The number of Topliss-reactive ketones (excluding diaryl/α,β-unsaturated/α-hetero) is 1. The van der Waals surface area contributed by atoms with Crippen molar-refractivity contribution in [1.29, 1.82) is 0 Å². The van der Waals surface area contributed by atoms with Crippen LogP contribution in [0, 0.1) is 19.7 Å². The third kappa shape index (κ3) is 3.92. The monoisotopic (exact) mass is 272 g/mol. The SMILES string of the molecule is Cc1cccc(OCCC(=O)c2cc(C)cc(F)c2)c1. The molecule has 0 amide bonds. The van der Waals surface area contributed by atoms with Crippen LogP contribution in [0.4, 0.5) is 4.39 Å². The van der Waals surface area contributed by atoms with Gasteiger partial charge in [0, 0.05) is 12.0 Å². The minimum atomic E-state index is -0.382. The Morgan fingerprint density at radius 1 is 1.10 bits per heavy atom. The summed E-state index contributed by atoms with van der Waals surface area (Å²) in [5.74, 6) is 0.251. The summed E-state index contributed by atoms with van der Waals surface area (Å²) in [6.45, 7) is 4.04. The van der Waals surface area contributed by atoms with Crippen LogP contribution < -0.4 is 4.74 Å². The Morgan fingerprint density at radius 2 is 1.90 bits per heavy atom. The molecule has 0 fully saturated rings. The molecule has 0 saturated carbocycles. The zero-order valence-electron chi connectivity index (χ0n) is 11.7. The molecule has 0 bridgehead atoms. The highest BCUT2D eigenvalue weighted by Gasteiger charge is 2.08. The third-order valence-corrected chi connectivity index (χ3v) is 2.95. The van der Waals surface area contributed by atoms with E-state index in [0.29, 0.717) is 5.56 Å². The average Bonchev–Trinajstić information content (AvgIpc) is 2.37. The maximum Gasteiger partial charge on any atom is 0.166 e. The lowest BCUT2D eigenvalue weighted by Crippen LogP contribution is -2.07. The van der Waals surface area contributed by atoms with Crippen LogP contribution in [0.15, 0.2) is 42.5 Å². The lowest BCUT2D eigenvalue weighted by Gasteiger charge is -2.07. The predicted octanol–water partition coefficient (Wildman–Crippen LogP) is 4.09. The van der Waals surface area contributed by atoms with E-state index in [1.807, 2.05) is 31.2 Å². The summed E-state index contributed by atoms with van der Waals surface area (Å²) < 4.78 is 18.8. The number of carbonyl (C=O) groups excluding carboxylic acids is 1. The molecule has 2 aromatic carbocycles. The number of aryl methyl sites for hydroxylation is 2. The highest BCUT2D eigenvalue weighted by Crippen LogP contribution is 2.14. The number of halogens is 1. The number of rotatable bonds is 5. The van der Waals surface area contributed by atoms with Gasteiger partial charge < -0.3 is 4.74 Å². The van der Waals surface area contributed by atoms with E-state index < -0.39 is 0 Å². The van der Waals surface area contributed by atoms with Crippen LogP contribution in [-0.4, -0.2) is 12.4 Å². The summed E-state index contributed by atoms with van der Waals surface area (Å²) in [6, 6.07) is 12.0. The van der Waals surface area contributed by atoms with Gasteiger partial charge in [-0.1, -0.05) is 12.1 Å². The Bertz CT molecular complexity index is 600. The van der Waals surface area contributed by atoms with Gasteiger partial charge in [0.2, 0.25) is 0 Å². The average molecular weight is 272 g/mol. The molecule has 20 heavy (non-hydrogen) atoms. The van der Waals surface area contributed by atoms with Crippen molar-refractivity contribution < 1.29 is 13.9 Å². The fourth-order valence-corrected chi connectivity index (χ4v) is 2.01. The molecule has 0 aliphatic rings. The largest absolute Gasteiger partial charge is 0.493 e. The summed E-state index contributed by atoms with van der Waals surface area (Å²) in [5.41, 5.74) is 2.25. The fraction of sp³-hybridized carbons (Fsp3) is 0.235. The molecule has 0 aliphatic heterocycles. The first kappa shape index (κ1) is 14.3. The zero-order chi connectivity index (χ0) is 14.5. The summed E-state index contributed by atoms with van der Waals surface area (Å²) in [6.07, 6.45) is 0.233. The topological polar surface area (TPSA) is 26.3 Å². The van der Waals surface area contributed by atoms with Crippen molar-refractivity contribution in [1.82, 2.24) is 0 Å². The minimum absolute atomic E-state index is 0.111. The van der Waals surface area contributed by atoms with Gasteiger partial charge in [0.25, 0.3) is 0 Å². The Morgan fingerprint density at radius 3 is 2.60 bits per heavy atom. The number of carbonyl (C=O) groups is 1. The quantitative estimate of drug-likeness (QED) is 0.766. The van der Waals surface area contributed by atoms with Crippen molar-refractivity contribution in [3.8, 4) is 5.75 Å². The van der Waals surface area contributed by atoms with E-state index in [4.69, 9.17) is 4.74 Å². The highest BCUT2D eigenvalue weighted by atomic mass is 19.1. The molecule has 2 rings (SSSR count). The van der Waals surface area contributed by atoms with Gasteiger partial charge in [-0.15, -0.1) is 0 Å². The van der Waals surface area contributed by atoms with Gasteiger partial charge in [0.15, 0.2) is 5.78 Å². The number of ether oxygens (including phenoxy) is 1. The lowest BCUT2D eigenvalue weighted by atomic mass is 10.1. The summed E-state index contributed by atoms with van der Waals surface area (Å²) in [4.78, 5) is 12.0. The van der Waals surface area contributed by atoms with Gasteiger partial charge in [-0.2, -0.15) is 0 Å². The second-order valence-corrected chi connectivity index (χ2v) is 4.86. The Kier molecular flexibility index (Phi) is 4.51. The van der Waals surface area contributed by atoms with E-state index >= 15 is 0 Å². The van der Waals surface area contributed by atoms with Crippen LogP contribution in [0.5, 0.6) is 5.75 Å². The molecular formula is C17H17FO2. The van der Waals surface area contributed by atoms with Crippen molar-refractivity contribution in [3.05, 3.63) is 65.0 Å². The Labute approximate surface area is 118 Å². The molecule has 2 nitrogen and oxygen atoms in total. The first-order valence-electron chi connectivity index (χ1n) is 6.54. The van der Waals surface area contributed by atoms with E-state index in [9.17, 15) is 9.18 Å². The van der Waals surface area contributed by atoms with Crippen molar-refractivity contribution in [3.63, 3.8) is 0 Å². The molecule has 0 radical (unpaired) electrons. The highest BCUT2D eigenvalue weighted by molar-refractivity contribution is 5.96. The van der Waals surface area contributed by atoms with Gasteiger partial charge in [-0.05, 0) is 55.3 Å². The first-order chi connectivity index (χ1) is 9.54. The van der Waals surface area contributed by atoms with E-state index in [0.717, 1.165) is 16.9 Å². The van der Waals surface area contributed by atoms with Crippen molar-refractivity contribution in [2.24, 2.45) is 0 Å². The van der Waals surface area contributed by atoms with Crippen LogP contribution in [0.2, 0.25) is 0 Å². The number of ketones is 1. The van der Waals surface area contributed by atoms with Crippen molar-refractivity contribution in [2.75, 3.05) is 6.61 Å². The van der Waals surface area contributed by atoms with Crippen LogP contribution in [0.25, 0.3) is 0 Å². The molecule has 0 heterocycles. The van der Waals surface area contributed by atoms with Gasteiger partial charge in [0.1, 0.15) is 11.6 Å². The molecule has 104 valence electrons. The van der Waals surface area contributed by atoms with Gasteiger partial charge >= 0.3 is 0 Å². The lowest BCUT2D eigenvalue weighted by molar-refractivity contribution is 0.0961. The standard InChI is InChI=1S/C17H17FO2/c1-12-4-3-5-16(10-12)20-7-6-17(19)14-8-13(2)9-15(18)11-14/h3-5,8-11H,6-7H2,1-2H3. The molecule has 0 N–H and O–H groups in total.